The standard InChI is InChI=1S/C21H20.2C5H5.Ti/c1-3-9-16(10-4-1)15-20(17-11-5-2-6-12-17)21-18-13-7-8-14-19(18)21;2*1-2-4-5-3-1;/h1-6,9-12,18-19H,7-8,13-14H2;2*1-5H;/q-2;;;+2/t18-,19+;;;. The SMILES string of the molecule is [C-](=C(c1ccccc1)[C-]1[C@H]2CCCC[C@@H]12)c1ccccc1.[CH]1[CH][CH][CH][CH]1.[CH]1[CH][CH][CH][CH]1.[Ti+2]. The average Bonchev–Trinajstić information content (AvgIpc) is 3.32. The molecule has 2 aromatic rings. The molecule has 0 nitrogen and oxygen atoms in total. The Labute approximate surface area is 212 Å². The molecule has 0 unspecified atom stereocenters. The predicted octanol–water partition coefficient (Wildman–Crippen LogP) is 7.36. The third-order valence-corrected chi connectivity index (χ3v) is 5.96. The van der Waals surface area contributed by atoms with E-state index in [2.05, 4.69) is 66.7 Å². The Bertz CT molecular complexity index is 733. The van der Waals surface area contributed by atoms with Gasteiger partial charge in [0, 0.05) is 0 Å². The Balaban J connectivity index is 0.000000217. The van der Waals surface area contributed by atoms with Gasteiger partial charge >= 0.3 is 21.7 Å². The third-order valence-electron chi connectivity index (χ3n) is 5.96. The largest absolute Gasteiger partial charge is 2.00 e. The zero-order valence-corrected chi connectivity index (χ0v) is 20.1. The van der Waals surface area contributed by atoms with Gasteiger partial charge in [-0.3, -0.25) is 0 Å². The summed E-state index contributed by atoms with van der Waals surface area (Å²) in [5.41, 5.74) is 3.87. The van der Waals surface area contributed by atoms with Gasteiger partial charge in [0.2, 0.25) is 0 Å². The zero-order valence-electron chi connectivity index (χ0n) is 18.5. The summed E-state index contributed by atoms with van der Waals surface area (Å²) in [5.74, 6) is 3.35. The molecule has 0 spiro atoms. The molecule has 4 aliphatic carbocycles. The monoisotopic (exact) mass is 450 g/mol. The molecular formula is C31H30Ti. The fraction of sp³-hybridized carbons (Fsp3) is 0.194. The van der Waals surface area contributed by atoms with Crippen LogP contribution in [0.5, 0.6) is 0 Å². The molecular weight excluding hydrogens is 420 g/mol. The molecule has 0 heterocycles. The van der Waals surface area contributed by atoms with Crippen LogP contribution in [0.1, 0.15) is 36.8 Å². The van der Waals surface area contributed by atoms with Crippen LogP contribution in [-0.2, 0) is 21.7 Å². The first-order valence-electron chi connectivity index (χ1n) is 11.4. The van der Waals surface area contributed by atoms with Gasteiger partial charge in [-0.25, -0.2) is 17.2 Å². The summed E-state index contributed by atoms with van der Waals surface area (Å²) < 4.78 is 0. The van der Waals surface area contributed by atoms with Crippen LogP contribution in [0.25, 0.3) is 5.57 Å². The fourth-order valence-electron chi connectivity index (χ4n) is 4.41. The van der Waals surface area contributed by atoms with Gasteiger partial charge in [0.05, 0.1) is 0 Å². The van der Waals surface area contributed by atoms with Gasteiger partial charge in [0.15, 0.2) is 0 Å². The number of allylic oxidation sites excluding steroid dienone is 1. The molecule has 4 aliphatic rings. The maximum Gasteiger partial charge on any atom is 2.00 e. The summed E-state index contributed by atoms with van der Waals surface area (Å²) in [5, 5.41) is 0. The molecule has 0 bridgehead atoms. The van der Waals surface area contributed by atoms with E-state index in [1.165, 1.54) is 42.4 Å². The van der Waals surface area contributed by atoms with Crippen molar-refractivity contribution in [1.82, 2.24) is 0 Å². The second-order valence-corrected chi connectivity index (χ2v) is 8.11. The topological polar surface area (TPSA) is 0 Å². The summed E-state index contributed by atoms with van der Waals surface area (Å²) in [6.45, 7) is 0. The van der Waals surface area contributed by atoms with E-state index >= 15 is 0 Å². The number of fused-ring (bicyclic) bond motifs is 1. The van der Waals surface area contributed by atoms with E-state index < -0.39 is 0 Å². The van der Waals surface area contributed by atoms with E-state index in [1.54, 1.807) is 5.92 Å². The van der Waals surface area contributed by atoms with Gasteiger partial charge < -0.3 is 0 Å². The van der Waals surface area contributed by atoms with Crippen molar-refractivity contribution in [2.24, 2.45) is 11.8 Å². The molecule has 0 aromatic heterocycles. The molecule has 10 radical (unpaired) electrons. The van der Waals surface area contributed by atoms with E-state index in [9.17, 15) is 0 Å². The van der Waals surface area contributed by atoms with Gasteiger partial charge in [-0.1, -0.05) is 61.8 Å². The number of benzene rings is 2. The molecule has 4 saturated carbocycles. The van der Waals surface area contributed by atoms with Crippen molar-refractivity contribution in [2.45, 2.75) is 25.7 Å². The van der Waals surface area contributed by atoms with E-state index in [1.807, 2.05) is 64.2 Å². The molecule has 158 valence electrons. The van der Waals surface area contributed by atoms with Crippen LogP contribution in [0.4, 0.5) is 0 Å². The summed E-state index contributed by atoms with van der Waals surface area (Å²) in [7, 11) is 0. The van der Waals surface area contributed by atoms with Crippen LogP contribution in [0, 0.1) is 88.0 Å². The molecule has 4 fully saturated rings. The van der Waals surface area contributed by atoms with E-state index in [0.717, 1.165) is 11.8 Å². The minimum atomic E-state index is 0. The van der Waals surface area contributed by atoms with Crippen LogP contribution < -0.4 is 0 Å². The van der Waals surface area contributed by atoms with Crippen LogP contribution >= 0.6 is 0 Å². The second-order valence-electron chi connectivity index (χ2n) is 8.11. The number of hydrogen-bond donors (Lipinski definition) is 0. The van der Waals surface area contributed by atoms with Crippen LogP contribution in [0.3, 0.4) is 0 Å². The predicted molar refractivity (Wildman–Crippen MR) is 130 cm³/mol. The summed E-state index contributed by atoms with van der Waals surface area (Å²) in [6.07, 6.45) is 29.3. The Hall–Kier alpha value is -1.24. The van der Waals surface area contributed by atoms with Gasteiger partial charge in [0.25, 0.3) is 0 Å². The van der Waals surface area contributed by atoms with Crippen molar-refractivity contribution < 1.29 is 21.7 Å². The van der Waals surface area contributed by atoms with Crippen molar-refractivity contribution in [2.75, 3.05) is 0 Å². The molecule has 0 N–H and O–H groups in total. The van der Waals surface area contributed by atoms with Gasteiger partial charge in [0.1, 0.15) is 0 Å². The molecule has 6 rings (SSSR count). The van der Waals surface area contributed by atoms with E-state index in [0.29, 0.717) is 0 Å². The minimum absolute atomic E-state index is 0. The van der Waals surface area contributed by atoms with Crippen LogP contribution in [-0.4, -0.2) is 0 Å². The summed E-state index contributed by atoms with van der Waals surface area (Å²) >= 11 is 0. The van der Waals surface area contributed by atoms with E-state index in [-0.39, 0.29) is 21.7 Å². The quantitative estimate of drug-likeness (QED) is 0.260. The first-order chi connectivity index (χ1) is 15.4. The van der Waals surface area contributed by atoms with Gasteiger partial charge in [-0.05, 0) is 64.2 Å². The number of hydrogen-bond acceptors (Lipinski definition) is 0. The second kappa shape index (κ2) is 14.1. The summed E-state index contributed by atoms with van der Waals surface area (Å²) in [6, 6.07) is 21.4. The Morgan fingerprint density at radius 1 is 0.594 bits per heavy atom. The minimum Gasteiger partial charge on any atom is -0.232 e. The molecule has 0 amide bonds. The van der Waals surface area contributed by atoms with Crippen molar-refractivity contribution in [3.05, 3.63) is 148 Å². The van der Waals surface area contributed by atoms with Crippen molar-refractivity contribution in [3.63, 3.8) is 0 Å². The molecule has 32 heavy (non-hydrogen) atoms. The Kier molecular flexibility index (Phi) is 11.2. The molecule has 0 aliphatic heterocycles. The van der Waals surface area contributed by atoms with Crippen LogP contribution in [0.15, 0.2) is 60.7 Å². The van der Waals surface area contributed by atoms with Crippen molar-refractivity contribution in [3.8, 4) is 0 Å². The maximum atomic E-state index is 3.69. The van der Waals surface area contributed by atoms with Gasteiger partial charge in [-0.15, -0.1) is 24.3 Å². The zero-order chi connectivity index (χ0) is 21.1. The first kappa shape index (κ1) is 25.4. The van der Waals surface area contributed by atoms with Gasteiger partial charge in [-0.2, -0.15) is 23.6 Å². The Morgan fingerprint density at radius 2 is 1.00 bits per heavy atom. The molecule has 1 heteroatoms. The number of rotatable bonds is 3. The summed E-state index contributed by atoms with van der Waals surface area (Å²) in [4.78, 5) is 0. The third kappa shape index (κ3) is 7.67. The molecule has 0 saturated heterocycles. The van der Waals surface area contributed by atoms with E-state index in [4.69, 9.17) is 0 Å². The average molecular weight is 450 g/mol. The first-order valence-corrected chi connectivity index (χ1v) is 11.4. The normalized spacial score (nSPS) is 23.6. The van der Waals surface area contributed by atoms with Crippen LogP contribution in [0.2, 0.25) is 0 Å². The van der Waals surface area contributed by atoms with Crippen molar-refractivity contribution >= 4 is 5.57 Å². The smallest absolute Gasteiger partial charge is 0.232 e. The maximum absolute atomic E-state index is 3.69. The van der Waals surface area contributed by atoms with Crippen molar-refractivity contribution in [1.29, 1.82) is 0 Å². The Morgan fingerprint density at radius 3 is 1.44 bits per heavy atom. The molecule has 2 atom stereocenters. The fourth-order valence-corrected chi connectivity index (χ4v) is 4.41. The molecule has 2 aromatic carbocycles.